The van der Waals surface area contributed by atoms with Gasteiger partial charge in [0.05, 0.1) is 0 Å². The first kappa shape index (κ1) is 18.2. The van der Waals surface area contributed by atoms with E-state index in [2.05, 4.69) is 30.9 Å². The summed E-state index contributed by atoms with van der Waals surface area (Å²) in [5, 5.41) is 9.56. The molecule has 0 atom stereocenters. The van der Waals surface area contributed by atoms with E-state index < -0.39 is 0 Å². The molecule has 0 fully saturated rings. The van der Waals surface area contributed by atoms with Crippen molar-refractivity contribution in [2.75, 3.05) is 16.0 Å². The Morgan fingerprint density at radius 2 is 0.720 bits per heavy atom. The van der Waals surface area contributed by atoms with E-state index in [1.165, 1.54) is 22.6 Å². The van der Waals surface area contributed by atoms with Crippen molar-refractivity contribution in [2.24, 2.45) is 0 Å². The monoisotopic (exact) mass is 565 g/mol. The second-order valence-corrected chi connectivity index (χ2v) is 14.7. The van der Waals surface area contributed by atoms with Crippen molar-refractivity contribution in [3.05, 3.63) is 54.6 Å². The van der Waals surface area contributed by atoms with Crippen molar-refractivity contribution in [1.29, 1.82) is 0 Å². The number of hydrogen-bond acceptors (Lipinski definition) is 6. The molecule has 25 heavy (non-hydrogen) atoms. The average Bonchev–Trinajstić information content (AvgIpc) is 3.44. The molecule has 0 spiro atoms. The van der Waals surface area contributed by atoms with Gasteiger partial charge in [0, 0.05) is 20.1 Å². The summed E-state index contributed by atoms with van der Waals surface area (Å²) in [5.41, 5.74) is 0. The van der Waals surface area contributed by atoms with E-state index in [1.54, 1.807) is 0 Å². The minimum Gasteiger partial charge on any atom is -0.325 e. The second kappa shape index (κ2) is 8.67. The van der Waals surface area contributed by atoms with Crippen molar-refractivity contribution in [1.82, 2.24) is 15.0 Å². The van der Waals surface area contributed by atoms with Gasteiger partial charge < -0.3 is 16.0 Å². The topological polar surface area (TPSA) is 74.8 Å². The number of rotatable bonds is 0. The third kappa shape index (κ3) is 5.44. The standard InChI is InChI=1S/C15H12N6.Ir.H3P3/c1-4-10-16-11(5-1)20-13-7-3-9-15(18-13)21-14-8-2-6-12(17-14)19-10;;1-2-3-1/h1-9H,(H3,16,17,18,19,20,21);;1-3H. The largest absolute Gasteiger partial charge is 0.325 e. The van der Waals surface area contributed by atoms with Crippen LogP contribution in [0.2, 0.25) is 0 Å². The van der Waals surface area contributed by atoms with Crippen molar-refractivity contribution in [2.45, 2.75) is 0 Å². The van der Waals surface area contributed by atoms with E-state index in [9.17, 15) is 0 Å². The zero-order valence-electron chi connectivity index (χ0n) is 12.9. The summed E-state index contributed by atoms with van der Waals surface area (Å²) in [4.78, 5) is 13.5. The number of anilines is 6. The minimum absolute atomic E-state index is 0. The Bertz CT molecular complexity index is 762. The maximum Gasteiger partial charge on any atom is 0.133 e. The number of nitrogens with one attached hydrogen (secondary N) is 3. The van der Waals surface area contributed by atoms with Crippen LogP contribution in [0.1, 0.15) is 0 Å². The molecule has 5 heterocycles. The van der Waals surface area contributed by atoms with Crippen LogP contribution >= 0.6 is 22.6 Å². The van der Waals surface area contributed by atoms with Crippen molar-refractivity contribution >= 4 is 57.5 Å². The number of hydrogen-bond donors (Lipinski definition) is 3. The van der Waals surface area contributed by atoms with Crippen LogP contribution in [0, 0.1) is 0 Å². The molecular formula is C15H15IrN6P3. The molecule has 1 radical (unpaired) electrons. The smallest absolute Gasteiger partial charge is 0.133 e. The fourth-order valence-electron chi connectivity index (χ4n) is 2.12. The number of pyridine rings is 3. The molecule has 4 aromatic heterocycles. The van der Waals surface area contributed by atoms with E-state index in [1.807, 2.05) is 54.6 Å². The summed E-state index contributed by atoms with van der Waals surface area (Å²) >= 11 is 0. The van der Waals surface area contributed by atoms with Crippen LogP contribution in [0.3, 0.4) is 0 Å². The van der Waals surface area contributed by atoms with Gasteiger partial charge in [-0.15, -0.1) is 0 Å². The zero-order valence-corrected chi connectivity index (χ0v) is 18.3. The van der Waals surface area contributed by atoms with Crippen LogP contribution in [0.5, 0.6) is 0 Å². The first-order valence-corrected chi connectivity index (χ1v) is 13.3. The summed E-state index contributed by atoms with van der Waals surface area (Å²) in [6.45, 7) is 0. The molecule has 1 aliphatic heterocycles. The SMILES string of the molecule is [Ir].[pH]1[pH][pH]1.c1cc2nc(c1)Nc1cccc(n1)Nc1cccc(n1)N2. The van der Waals surface area contributed by atoms with E-state index in [0.29, 0.717) is 0 Å². The molecule has 6 bridgehead atoms. The van der Waals surface area contributed by atoms with Crippen LogP contribution in [0.15, 0.2) is 54.6 Å². The second-order valence-electron chi connectivity index (χ2n) is 4.97. The molecule has 0 saturated carbocycles. The van der Waals surface area contributed by atoms with Crippen molar-refractivity contribution in [3.63, 3.8) is 0 Å². The Labute approximate surface area is 163 Å². The number of nitrogens with zero attached hydrogens (tertiary/aromatic N) is 3. The Balaban J connectivity index is 0.000000414. The van der Waals surface area contributed by atoms with Crippen molar-refractivity contribution in [3.8, 4) is 0 Å². The van der Waals surface area contributed by atoms with Crippen LogP contribution in [-0.4, -0.2) is 15.0 Å². The molecule has 10 heteroatoms. The summed E-state index contributed by atoms with van der Waals surface area (Å²) in [5.74, 6) is 4.34. The van der Waals surface area contributed by atoms with Crippen LogP contribution in [-0.2, 0) is 20.1 Å². The van der Waals surface area contributed by atoms with E-state index >= 15 is 0 Å². The zero-order chi connectivity index (χ0) is 16.2. The summed E-state index contributed by atoms with van der Waals surface area (Å²) in [7, 11) is 4.17. The molecule has 0 unspecified atom stereocenters. The molecule has 5 rings (SSSR count). The predicted octanol–water partition coefficient (Wildman–Crippen LogP) is 5.19. The average molecular weight is 564 g/mol. The third-order valence-corrected chi connectivity index (χ3v) is 6.39. The molecule has 0 saturated heterocycles. The van der Waals surface area contributed by atoms with Gasteiger partial charge in [-0.3, -0.25) is 0 Å². The predicted molar refractivity (Wildman–Crippen MR) is 108 cm³/mol. The van der Waals surface area contributed by atoms with E-state index in [-0.39, 0.29) is 20.1 Å². The van der Waals surface area contributed by atoms with Crippen LogP contribution in [0.25, 0.3) is 0 Å². The molecular weight excluding hydrogens is 549 g/mol. The molecule has 6 nitrogen and oxygen atoms in total. The van der Waals surface area contributed by atoms with Gasteiger partial charge in [0.2, 0.25) is 0 Å². The van der Waals surface area contributed by atoms with E-state index in [0.717, 1.165) is 34.9 Å². The number of fused-ring (bicyclic) bond motifs is 6. The molecule has 129 valence electrons. The fraction of sp³-hybridized carbons (Fsp3) is 0. The van der Waals surface area contributed by atoms with Gasteiger partial charge in [-0.1, -0.05) is 40.8 Å². The summed E-state index contributed by atoms with van der Waals surface area (Å²) < 4.78 is 0. The number of aromatic nitrogens is 3. The third-order valence-electron chi connectivity index (χ3n) is 3.14. The Kier molecular flexibility index (Phi) is 6.31. The van der Waals surface area contributed by atoms with Crippen LogP contribution in [0.4, 0.5) is 34.9 Å². The maximum absolute atomic E-state index is 4.49. The normalized spacial score (nSPS) is 12.0. The van der Waals surface area contributed by atoms with Gasteiger partial charge in [-0.25, -0.2) is 15.0 Å². The molecule has 0 aromatic carbocycles. The first-order valence-electron chi connectivity index (χ1n) is 7.32. The van der Waals surface area contributed by atoms with Gasteiger partial charge in [-0.2, -0.15) is 0 Å². The van der Waals surface area contributed by atoms with Gasteiger partial charge >= 0.3 is 0 Å². The Morgan fingerprint density at radius 1 is 0.480 bits per heavy atom. The molecule has 4 aromatic rings. The molecule has 3 N–H and O–H groups in total. The van der Waals surface area contributed by atoms with Gasteiger partial charge in [0.1, 0.15) is 34.9 Å². The van der Waals surface area contributed by atoms with Gasteiger partial charge in [0.15, 0.2) is 0 Å². The Morgan fingerprint density at radius 3 is 0.920 bits per heavy atom. The van der Waals surface area contributed by atoms with Gasteiger partial charge in [0.25, 0.3) is 0 Å². The quantitative estimate of drug-likeness (QED) is 0.240. The Hall–Kier alpha value is -1.60. The first-order chi connectivity index (χ1) is 11.8. The van der Waals surface area contributed by atoms with E-state index in [4.69, 9.17) is 0 Å². The summed E-state index contributed by atoms with van der Waals surface area (Å²) in [6, 6.07) is 17.1. The summed E-state index contributed by atoms with van der Waals surface area (Å²) in [6.07, 6.45) is 0. The molecule has 0 aliphatic carbocycles. The maximum atomic E-state index is 4.49. The minimum atomic E-state index is 0. The fourth-order valence-corrected chi connectivity index (χ4v) is 2.12. The van der Waals surface area contributed by atoms with Crippen LogP contribution < -0.4 is 16.0 Å². The molecule has 0 amide bonds. The van der Waals surface area contributed by atoms with Gasteiger partial charge in [-0.05, 0) is 36.4 Å². The molecule has 1 aliphatic rings. The van der Waals surface area contributed by atoms with Crippen molar-refractivity contribution < 1.29 is 20.1 Å².